The highest BCUT2D eigenvalue weighted by Gasteiger charge is 2.28. The summed E-state index contributed by atoms with van der Waals surface area (Å²) >= 11 is 0. The average Bonchev–Trinajstić information content (AvgIpc) is 2.15. The van der Waals surface area contributed by atoms with E-state index in [1.807, 2.05) is 0 Å². The van der Waals surface area contributed by atoms with Crippen molar-refractivity contribution in [1.82, 2.24) is 5.32 Å². The molecule has 0 saturated carbocycles. The normalized spacial score (nSPS) is 13.7. The second-order valence-electron chi connectivity index (χ2n) is 3.31. The fourth-order valence-electron chi connectivity index (χ4n) is 0.922. The Hall–Kier alpha value is -0.750. The number of aliphatic hydroxyl groups excluding tert-OH is 1. The largest absolute Gasteiger partial charge is 0.466 e. The monoisotopic (exact) mass is 225 g/mol. The highest BCUT2D eigenvalue weighted by atomic mass is 19.3. The van der Waals surface area contributed by atoms with Gasteiger partial charge in [0.25, 0.3) is 5.92 Å². The molecule has 0 saturated heterocycles. The molecule has 90 valence electrons. The highest BCUT2D eigenvalue weighted by Crippen LogP contribution is 2.10. The number of rotatable bonds is 7. The number of ether oxygens (including phenoxy) is 1. The topological polar surface area (TPSA) is 58.6 Å². The fourth-order valence-corrected chi connectivity index (χ4v) is 0.922. The quantitative estimate of drug-likeness (QED) is 0.621. The molecule has 1 unspecified atom stereocenters. The van der Waals surface area contributed by atoms with Gasteiger partial charge in [0.1, 0.15) is 6.61 Å². The van der Waals surface area contributed by atoms with Gasteiger partial charge >= 0.3 is 5.97 Å². The van der Waals surface area contributed by atoms with Crippen molar-refractivity contribution in [3.8, 4) is 0 Å². The second-order valence-corrected chi connectivity index (χ2v) is 3.31. The van der Waals surface area contributed by atoms with E-state index >= 15 is 0 Å². The van der Waals surface area contributed by atoms with Gasteiger partial charge in [0.15, 0.2) is 0 Å². The minimum atomic E-state index is -3.15. The van der Waals surface area contributed by atoms with Crippen LogP contribution in [0.5, 0.6) is 0 Å². The number of hydrogen-bond donors (Lipinski definition) is 2. The van der Waals surface area contributed by atoms with E-state index in [4.69, 9.17) is 5.11 Å². The van der Waals surface area contributed by atoms with Gasteiger partial charge in [-0.25, -0.2) is 8.78 Å². The molecule has 0 bridgehead atoms. The molecule has 0 aromatic heterocycles. The maximum atomic E-state index is 12.6. The number of nitrogens with one attached hydrogen (secondary N) is 1. The first-order chi connectivity index (χ1) is 6.91. The molecule has 0 rings (SSSR count). The summed E-state index contributed by atoms with van der Waals surface area (Å²) in [6, 6.07) is -0.401. The summed E-state index contributed by atoms with van der Waals surface area (Å²) in [5, 5.41) is 10.7. The molecule has 2 N–H and O–H groups in total. The Labute approximate surface area is 87.6 Å². The van der Waals surface area contributed by atoms with E-state index in [0.29, 0.717) is 0 Å². The molecular formula is C9H17F2NO3. The van der Waals surface area contributed by atoms with Crippen molar-refractivity contribution in [2.45, 2.75) is 32.2 Å². The lowest BCUT2D eigenvalue weighted by Crippen LogP contribution is -2.41. The first-order valence-electron chi connectivity index (χ1n) is 4.79. The minimum absolute atomic E-state index is 0.0371. The molecule has 0 aliphatic rings. The first kappa shape index (κ1) is 14.2. The molecule has 0 radical (unpaired) electrons. The van der Waals surface area contributed by atoms with Gasteiger partial charge < -0.3 is 15.2 Å². The first-order valence-corrected chi connectivity index (χ1v) is 4.79. The number of aliphatic hydroxyl groups is 1. The maximum absolute atomic E-state index is 12.6. The molecule has 0 amide bonds. The number of carbonyl (C=O) groups excluding carboxylic acids is 1. The average molecular weight is 225 g/mol. The van der Waals surface area contributed by atoms with Crippen molar-refractivity contribution >= 4 is 5.97 Å². The van der Waals surface area contributed by atoms with Crippen molar-refractivity contribution in [2.24, 2.45) is 0 Å². The van der Waals surface area contributed by atoms with Crippen LogP contribution in [-0.2, 0) is 9.53 Å². The molecule has 1 atom stereocenters. The molecule has 0 aliphatic heterocycles. The van der Waals surface area contributed by atoms with E-state index in [2.05, 4.69) is 10.1 Å². The van der Waals surface area contributed by atoms with Gasteiger partial charge in [-0.3, -0.25) is 4.79 Å². The van der Waals surface area contributed by atoms with Crippen LogP contribution in [0.25, 0.3) is 0 Å². The molecule has 4 nitrogen and oxygen atoms in total. The van der Waals surface area contributed by atoms with Gasteiger partial charge in [0.05, 0.1) is 19.6 Å². The summed E-state index contributed by atoms with van der Waals surface area (Å²) in [6.07, 6.45) is 0.0371. The summed E-state index contributed by atoms with van der Waals surface area (Å²) < 4.78 is 29.8. The Morgan fingerprint density at radius 1 is 1.60 bits per heavy atom. The van der Waals surface area contributed by atoms with Crippen molar-refractivity contribution in [1.29, 1.82) is 0 Å². The van der Waals surface area contributed by atoms with Crippen LogP contribution in [0.3, 0.4) is 0 Å². The van der Waals surface area contributed by atoms with Crippen LogP contribution in [0.15, 0.2) is 0 Å². The number of hydrogen-bond acceptors (Lipinski definition) is 4. The van der Waals surface area contributed by atoms with Crippen LogP contribution in [0.4, 0.5) is 8.78 Å². The van der Waals surface area contributed by atoms with E-state index in [-0.39, 0.29) is 13.0 Å². The molecule has 0 aromatic carbocycles. The standard InChI is InChI=1S/C9H17F2NO3/c1-3-15-8(14)4-7(2)12-5-9(10,11)6-13/h7,12-13H,3-6H2,1-2H3. The van der Waals surface area contributed by atoms with Gasteiger partial charge in [0, 0.05) is 6.04 Å². The van der Waals surface area contributed by atoms with E-state index in [9.17, 15) is 13.6 Å². The third-order valence-electron chi connectivity index (χ3n) is 1.72. The van der Waals surface area contributed by atoms with Gasteiger partial charge in [-0.2, -0.15) is 0 Å². The zero-order chi connectivity index (χ0) is 11.9. The zero-order valence-electron chi connectivity index (χ0n) is 8.93. The van der Waals surface area contributed by atoms with Crippen LogP contribution < -0.4 is 5.32 Å². The summed E-state index contributed by atoms with van der Waals surface area (Å²) in [7, 11) is 0. The Bertz CT molecular complexity index is 200. The summed E-state index contributed by atoms with van der Waals surface area (Å²) in [5.74, 6) is -3.58. The lowest BCUT2D eigenvalue weighted by molar-refractivity contribution is -0.143. The number of esters is 1. The SMILES string of the molecule is CCOC(=O)CC(C)NCC(F)(F)CO. The Morgan fingerprint density at radius 3 is 2.67 bits per heavy atom. The summed E-state index contributed by atoms with van der Waals surface area (Å²) in [5.41, 5.74) is 0. The number of carbonyl (C=O) groups is 1. The fraction of sp³-hybridized carbons (Fsp3) is 0.889. The highest BCUT2D eigenvalue weighted by molar-refractivity contribution is 5.69. The summed E-state index contributed by atoms with van der Waals surface area (Å²) in [6.45, 7) is 1.70. The predicted octanol–water partition coefficient (Wildman–Crippen LogP) is 0.545. The molecule has 0 aromatic rings. The Morgan fingerprint density at radius 2 is 2.20 bits per heavy atom. The van der Waals surface area contributed by atoms with Crippen LogP contribution in [0.2, 0.25) is 0 Å². The minimum Gasteiger partial charge on any atom is -0.466 e. The molecule has 15 heavy (non-hydrogen) atoms. The van der Waals surface area contributed by atoms with Crippen LogP contribution in [0.1, 0.15) is 20.3 Å². The van der Waals surface area contributed by atoms with Crippen LogP contribution in [-0.4, -0.2) is 42.8 Å². The summed E-state index contributed by atoms with van der Waals surface area (Å²) in [4.78, 5) is 10.9. The molecule has 0 aliphatic carbocycles. The van der Waals surface area contributed by atoms with Gasteiger partial charge in [-0.1, -0.05) is 0 Å². The third-order valence-corrected chi connectivity index (χ3v) is 1.72. The molecule has 6 heteroatoms. The smallest absolute Gasteiger partial charge is 0.307 e. The lowest BCUT2D eigenvalue weighted by Gasteiger charge is -2.18. The Balaban J connectivity index is 3.75. The van der Waals surface area contributed by atoms with Crippen LogP contribution in [0, 0.1) is 0 Å². The van der Waals surface area contributed by atoms with E-state index < -0.39 is 31.1 Å². The predicted molar refractivity (Wildman–Crippen MR) is 50.7 cm³/mol. The van der Waals surface area contributed by atoms with Gasteiger partial charge in [0.2, 0.25) is 0 Å². The van der Waals surface area contributed by atoms with Crippen LogP contribution >= 0.6 is 0 Å². The molecule has 0 heterocycles. The molecular weight excluding hydrogens is 208 g/mol. The van der Waals surface area contributed by atoms with E-state index in [1.165, 1.54) is 0 Å². The van der Waals surface area contributed by atoms with Crippen molar-refractivity contribution in [2.75, 3.05) is 19.8 Å². The lowest BCUT2D eigenvalue weighted by atomic mass is 10.2. The van der Waals surface area contributed by atoms with Gasteiger partial charge in [-0.05, 0) is 13.8 Å². The van der Waals surface area contributed by atoms with Crippen molar-refractivity contribution in [3.63, 3.8) is 0 Å². The van der Waals surface area contributed by atoms with E-state index in [0.717, 1.165) is 0 Å². The molecule has 0 spiro atoms. The third kappa shape index (κ3) is 7.21. The zero-order valence-corrected chi connectivity index (χ0v) is 8.93. The van der Waals surface area contributed by atoms with E-state index in [1.54, 1.807) is 13.8 Å². The maximum Gasteiger partial charge on any atom is 0.307 e. The molecule has 0 fully saturated rings. The number of halogens is 2. The Kier molecular flexibility index (Phi) is 6.35. The van der Waals surface area contributed by atoms with Crippen molar-refractivity contribution < 1.29 is 23.4 Å². The van der Waals surface area contributed by atoms with Crippen molar-refractivity contribution in [3.05, 3.63) is 0 Å². The number of alkyl halides is 2. The second kappa shape index (κ2) is 6.68. The van der Waals surface area contributed by atoms with Gasteiger partial charge in [-0.15, -0.1) is 0 Å².